The second kappa shape index (κ2) is 5.99. The maximum atomic E-state index is 12.3. The van der Waals surface area contributed by atoms with Crippen molar-refractivity contribution in [3.63, 3.8) is 0 Å². The van der Waals surface area contributed by atoms with Gasteiger partial charge in [0.2, 0.25) is 0 Å². The van der Waals surface area contributed by atoms with Gasteiger partial charge in [-0.2, -0.15) is 0 Å². The highest BCUT2D eigenvalue weighted by Gasteiger charge is 2.42. The second-order valence-corrected chi connectivity index (χ2v) is 6.78. The first-order chi connectivity index (χ1) is 10.2. The molecule has 1 fully saturated rings. The number of carboxylic acid groups (broad SMARTS) is 1. The van der Waals surface area contributed by atoms with Crippen molar-refractivity contribution >= 4 is 12.1 Å². The van der Waals surface area contributed by atoms with Crippen molar-refractivity contribution in [1.29, 1.82) is 0 Å². The van der Waals surface area contributed by atoms with Crippen LogP contribution in [-0.2, 0) is 9.53 Å². The molecule has 2 atom stereocenters. The molecule has 120 valence electrons. The van der Waals surface area contributed by atoms with E-state index in [-0.39, 0.29) is 5.92 Å². The largest absolute Gasteiger partial charge is 0.480 e. The van der Waals surface area contributed by atoms with Crippen LogP contribution in [0.5, 0.6) is 0 Å². The number of nitrogens with zero attached hydrogens (tertiary/aromatic N) is 1. The standard InChI is InChI=1S/C17H23NO4/c1-11-7-5-6-8-13(11)12-9-14(15(19)20)18(10-12)16(21)22-17(2,3)4/h5-8,12,14H,9-10H2,1-4H3,(H,19,20)/t12?,14-/m0/s1. The molecule has 0 aromatic heterocycles. The molecule has 1 heterocycles. The molecule has 5 nitrogen and oxygen atoms in total. The highest BCUT2D eigenvalue weighted by Crippen LogP contribution is 2.34. The van der Waals surface area contributed by atoms with Gasteiger partial charge in [0, 0.05) is 12.5 Å². The summed E-state index contributed by atoms with van der Waals surface area (Å²) in [5, 5.41) is 9.42. The first-order valence-electron chi connectivity index (χ1n) is 7.47. The second-order valence-electron chi connectivity index (χ2n) is 6.78. The molecule has 1 amide bonds. The molecule has 1 unspecified atom stereocenters. The van der Waals surface area contributed by atoms with Crippen LogP contribution in [0.3, 0.4) is 0 Å². The van der Waals surface area contributed by atoms with Gasteiger partial charge < -0.3 is 9.84 Å². The van der Waals surface area contributed by atoms with Crippen LogP contribution in [0.15, 0.2) is 24.3 Å². The van der Waals surface area contributed by atoms with E-state index in [1.165, 1.54) is 4.90 Å². The minimum absolute atomic E-state index is 0.0230. The van der Waals surface area contributed by atoms with Crippen molar-refractivity contribution in [2.24, 2.45) is 0 Å². The lowest BCUT2D eigenvalue weighted by Crippen LogP contribution is -2.43. The number of hydrogen-bond acceptors (Lipinski definition) is 3. The van der Waals surface area contributed by atoms with E-state index in [4.69, 9.17) is 4.74 Å². The molecule has 0 spiro atoms. The van der Waals surface area contributed by atoms with Crippen LogP contribution in [-0.4, -0.2) is 40.3 Å². The average molecular weight is 305 g/mol. The van der Waals surface area contributed by atoms with Gasteiger partial charge in [-0.25, -0.2) is 9.59 Å². The zero-order valence-electron chi connectivity index (χ0n) is 13.5. The number of amides is 1. The number of likely N-dealkylation sites (tertiary alicyclic amines) is 1. The molecule has 1 aromatic rings. The summed E-state index contributed by atoms with van der Waals surface area (Å²) in [4.78, 5) is 25.1. The first kappa shape index (κ1) is 16.3. The Morgan fingerprint density at radius 3 is 2.45 bits per heavy atom. The third kappa shape index (κ3) is 3.59. The van der Waals surface area contributed by atoms with Gasteiger partial charge >= 0.3 is 12.1 Å². The van der Waals surface area contributed by atoms with Crippen LogP contribution in [0.2, 0.25) is 0 Å². The molecule has 2 rings (SSSR count). The summed E-state index contributed by atoms with van der Waals surface area (Å²) in [6, 6.07) is 7.06. The maximum Gasteiger partial charge on any atom is 0.411 e. The van der Waals surface area contributed by atoms with E-state index in [1.54, 1.807) is 20.8 Å². The number of ether oxygens (including phenoxy) is 1. The number of aliphatic carboxylic acids is 1. The fourth-order valence-electron chi connectivity index (χ4n) is 2.86. The van der Waals surface area contributed by atoms with Gasteiger partial charge in [-0.1, -0.05) is 24.3 Å². The average Bonchev–Trinajstić information content (AvgIpc) is 2.82. The van der Waals surface area contributed by atoms with Crippen molar-refractivity contribution in [1.82, 2.24) is 4.90 Å². The van der Waals surface area contributed by atoms with E-state index in [1.807, 2.05) is 31.2 Å². The molecule has 22 heavy (non-hydrogen) atoms. The molecule has 1 saturated heterocycles. The first-order valence-corrected chi connectivity index (χ1v) is 7.47. The van der Waals surface area contributed by atoms with Gasteiger partial charge in [0.1, 0.15) is 11.6 Å². The Kier molecular flexibility index (Phi) is 4.44. The van der Waals surface area contributed by atoms with Crippen LogP contribution in [0.1, 0.15) is 44.2 Å². The van der Waals surface area contributed by atoms with Gasteiger partial charge in [0.25, 0.3) is 0 Å². The van der Waals surface area contributed by atoms with Gasteiger partial charge in [0.05, 0.1) is 0 Å². The predicted octanol–water partition coefficient (Wildman–Crippen LogP) is 3.17. The Bertz CT molecular complexity index is 576. The summed E-state index contributed by atoms with van der Waals surface area (Å²) in [6.07, 6.45) is -0.143. The van der Waals surface area contributed by atoms with E-state index < -0.39 is 23.7 Å². The highest BCUT2D eigenvalue weighted by atomic mass is 16.6. The minimum atomic E-state index is -0.984. The number of aryl methyl sites for hydroxylation is 1. The summed E-state index contributed by atoms with van der Waals surface area (Å²) < 4.78 is 5.34. The Hall–Kier alpha value is -2.04. The molecule has 1 aliphatic heterocycles. The van der Waals surface area contributed by atoms with Crippen molar-refractivity contribution in [2.45, 2.75) is 51.7 Å². The lowest BCUT2D eigenvalue weighted by Gasteiger charge is -2.26. The Morgan fingerprint density at radius 1 is 1.27 bits per heavy atom. The lowest BCUT2D eigenvalue weighted by molar-refractivity contribution is -0.142. The summed E-state index contributed by atoms with van der Waals surface area (Å²) in [7, 11) is 0. The monoisotopic (exact) mass is 305 g/mol. The van der Waals surface area contributed by atoms with Crippen molar-refractivity contribution < 1.29 is 19.4 Å². The minimum Gasteiger partial charge on any atom is -0.480 e. The Morgan fingerprint density at radius 2 is 1.91 bits per heavy atom. The fourth-order valence-corrected chi connectivity index (χ4v) is 2.86. The zero-order valence-corrected chi connectivity index (χ0v) is 13.5. The molecular weight excluding hydrogens is 282 g/mol. The lowest BCUT2D eigenvalue weighted by atomic mass is 9.93. The molecule has 1 N–H and O–H groups in total. The van der Waals surface area contributed by atoms with Gasteiger partial charge in [0.15, 0.2) is 0 Å². The molecule has 1 aliphatic rings. The summed E-state index contributed by atoms with van der Waals surface area (Å²) in [5.41, 5.74) is 1.57. The summed E-state index contributed by atoms with van der Waals surface area (Å²) in [6.45, 7) is 7.69. The van der Waals surface area contributed by atoms with Crippen LogP contribution in [0.4, 0.5) is 4.79 Å². The van der Waals surface area contributed by atoms with E-state index in [2.05, 4.69) is 0 Å². The van der Waals surface area contributed by atoms with Crippen LogP contribution in [0.25, 0.3) is 0 Å². The molecule has 0 aliphatic carbocycles. The summed E-state index contributed by atoms with van der Waals surface area (Å²) in [5.74, 6) is -0.961. The van der Waals surface area contributed by atoms with Gasteiger partial charge in [-0.15, -0.1) is 0 Å². The molecule has 5 heteroatoms. The molecular formula is C17H23NO4. The van der Waals surface area contributed by atoms with E-state index in [0.717, 1.165) is 11.1 Å². The summed E-state index contributed by atoms with van der Waals surface area (Å²) >= 11 is 0. The smallest absolute Gasteiger partial charge is 0.411 e. The molecule has 0 bridgehead atoms. The quantitative estimate of drug-likeness (QED) is 0.911. The molecule has 0 radical (unpaired) electrons. The van der Waals surface area contributed by atoms with E-state index >= 15 is 0 Å². The van der Waals surface area contributed by atoms with Gasteiger partial charge in [-0.05, 0) is 45.2 Å². The predicted molar refractivity (Wildman–Crippen MR) is 82.9 cm³/mol. The third-order valence-electron chi connectivity index (χ3n) is 3.84. The topological polar surface area (TPSA) is 66.8 Å². The van der Waals surface area contributed by atoms with Crippen LogP contribution < -0.4 is 0 Å². The Labute approximate surface area is 130 Å². The van der Waals surface area contributed by atoms with E-state index in [0.29, 0.717) is 13.0 Å². The highest BCUT2D eigenvalue weighted by molar-refractivity contribution is 5.81. The van der Waals surface area contributed by atoms with Crippen LogP contribution >= 0.6 is 0 Å². The number of rotatable bonds is 2. The number of hydrogen-bond donors (Lipinski definition) is 1. The van der Waals surface area contributed by atoms with Crippen molar-refractivity contribution in [3.8, 4) is 0 Å². The van der Waals surface area contributed by atoms with Crippen molar-refractivity contribution in [2.75, 3.05) is 6.54 Å². The number of carbonyl (C=O) groups is 2. The van der Waals surface area contributed by atoms with E-state index in [9.17, 15) is 14.7 Å². The molecule has 1 aromatic carbocycles. The zero-order chi connectivity index (χ0) is 16.5. The number of carboxylic acids is 1. The Balaban J connectivity index is 2.22. The SMILES string of the molecule is Cc1ccccc1C1C[C@@H](C(=O)O)N(C(=O)OC(C)(C)C)C1. The third-order valence-corrected chi connectivity index (χ3v) is 3.84. The van der Waals surface area contributed by atoms with Crippen molar-refractivity contribution in [3.05, 3.63) is 35.4 Å². The molecule has 0 saturated carbocycles. The normalized spacial score (nSPS) is 21.7. The van der Waals surface area contributed by atoms with Gasteiger partial charge in [-0.3, -0.25) is 4.90 Å². The van der Waals surface area contributed by atoms with Crippen LogP contribution in [0, 0.1) is 6.92 Å². The fraction of sp³-hybridized carbons (Fsp3) is 0.529. The number of benzene rings is 1. The maximum absolute atomic E-state index is 12.3. The number of carbonyl (C=O) groups excluding carboxylic acids is 1.